The van der Waals surface area contributed by atoms with E-state index in [1.165, 1.54) is 18.2 Å². The number of benzene rings is 1. The van der Waals surface area contributed by atoms with Gasteiger partial charge in [-0.05, 0) is 46.5 Å². The first-order valence-electron chi connectivity index (χ1n) is 11.9. The molecule has 0 aliphatic carbocycles. The Bertz CT molecular complexity index is 1080. The van der Waals surface area contributed by atoms with Crippen LogP contribution < -0.4 is 15.0 Å². The summed E-state index contributed by atoms with van der Waals surface area (Å²) >= 11 is 6.88. The molecular formula is C25H33ClFN5O2. The molecule has 2 fully saturated rings. The Morgan fingerprint density at radius 2 is 2.09 bits per heavy atom. The van der Waals surface area contributed by atoms with E-state index in [0.29, 0.717) is 24.9 Å². The molecule has 7 nitrogen and oxygen atoms in total. The standard InChI is InChI=1S/C25H33ClFN5O2/c1-25(2)19(30(3)4)8-10-32(25)24-16-13-31-11-9-28-12-15(31)14-34-23(16)21(26)22(29-24)20-17(27)6-5-7-18(20)33/h5-7,15,19,28,33H,8-14H2,1-4H3/t15-,19?/m1/s1. The van der Waals surface area contributed by atoms with Crippen molar-refractivity contribution in [1.82, 2.24) is 20.1 Å². The lowest BCUT2D eigenvalue weighted by molar-refractivity contribution is 0.120. The highest BCUT2D eigenvalue weighted by molar-refractivity contribution is 6.35. The van der Waals surface area contributed by atoms with E-state index in [1.54, 1.807) is 0 Å². The summed E-state index contributed by atoms with van der Waals surface area (Å²) in [6.07, 6.45) is 0.983. The second-order valence-electron chi connectivity index (χ2n) is 10.3. The van der Waals surface area contributed by atoms with Crippen LogP contribution in [0.5, 0.6) is 11.5 Å². The van der Waals surface area contributed by atoms with Crippen LogP contribution in [0.2, 0.25) is 5.02 Å². The number of likely N-dealkylation sites (N-methyl/N-ethyl adjacent to an activating group) is 1. The van der Waals surface area contributed by atoms with Gasteiger partial charge >= 0.3 is 0 Å². The summed E-state index contributed by atoms with van der Waals surface area (Å²) in [4.78, 5) is 12.0. The number of fused-ring (bicyclic) bond motifs is 2. The third-order valence-corrected chi connectivity index (χ3v) is 8.02. The fourth-order valence-corrected chi connectivity index (χ4v) is 6.20. The van der Waals surface area contributed by atoms with E-state index in [4.69, 9.17) is 21.3 Å². The van der Waals surface area contributed by atoms with E-state index >= 15 is 0 Å². The van der Waals surface area contributed by atoms with Crippen molar-refractivity contribution in [1.29, 1.82) is 0 Å². The molecule has 184 valence electrons. The van der Waals surface area contributed by atoms with Crippen molar-refractivity contribution in [2.75, 3.05) is 51.8 Å². The number of aromatic nitrogens is 1. The smallest absolute Gasteiger partial charge is 0.148 e. The lowest BCUT2D eigenvalue weighted by atomic mass is 9.94. The molecule has 2 N–H and O–H groups in total. The molecule has 2 saturated heterocycles. The maximum absolute atomic E-state index is 15.0. The number of phenols is 1. The van der Waals surface area contributed by atoms with Gasteiger partial charge in [0.15, 0.2) is 0 Å². The molecule has 0 spiro atoms. The molecule has 5 rings (SSSR count). The molecule has 0 amide bonds. The summed E-state index contributed by atoms with van der Waals surface area (Å²) in [5, 5.41) is 14.2. The van der Waals surface area contributed by atoms with Crippen LogP contribution in [0.15, 0.2) is 18.2 Å². The van der Waals surface area contributed by atoms with Crippen molar-refractivity contribution in [3.05, 3.63) is 34.6 Å². The Hall–Kier alpha value is -2.13. The number of nitrogens with zero attached hydrogens (tertiary/aromatic N) is 4. The van der Waals surface area contributed by atoms with E-state index < -0.39 is 5.82 Å². The zero-order valence-electron chi connectivity index (χ0n) is 20.2. The predicted octanol–water partition coefficient (Wildman–Crippen LogP) is 3.33. The van der Waals surface area contributed by atoms with Gasteiger partial charge < -0.3 is 25.0 Å². The van der Waals surface area contributed by atoms with Crippen LogP contribution in [-0.4, -0.2) is 84.4 Å². The van der Waals surface area contributed by atoms with Gasteiger partial charge in [0.25, 0.3) is 0 Å². The Labute approximate surface area is 205 Å². The lowest BCUT2D eigenvalue weighted by Crippen LogP contribution is -2.52. The van der Waals surface area contributed by atoms with Crippen LogP contribution in [0.25, 0.3) is 11.3 Å². The maximum Gasteiger partial charge on any atom is 0.148 e. The van der Waals surface area contributed by atoms with Crippen molar-refractivity contribution in [2.45, 2.75) is 44.4 Å². The molecule has 0 radical (unpaired) electrons. The van der Waals surface area contributed by atoms with Gasteiger partial charge in [-0.3, -0.25) is 4.90 Å². The Morgan fingerprint density at radius 1 is 1.29 bits per heavy atom. The highest BCUT2D eigenvalue weighted by atomic mass is 35.5. The van der Waals surface area contributed by atoms with Crippen LogP contribution >= 0.6 is 11.6 Å². The van der Waals surface area contributed by atoms with Crippen LogP contribution in [0.3, 0.4) is 0 Å². The second kappa shape index (κ2) is 8.82. The van der Waals surface area contributed by atoms with Gasteiger partial charge in [-0.25, -0.2) is 9.37 Å². The molecule has 1 aromatic heterocycles. The third-order valence-electron chi connectivity index (χ3n) is 7.67. The van der Waals surface area contributed by atoms with Gasteiger partial charge in [0.05, 0.1) is 22.7 Å². The van der Waals surface area contributed by atoms with Gasteiger partial charge in [-0.15, -0.1) is 0 Å². The van der Waals surface area contributed by atoms with Crippen molar-refractivity contribution < 1.29 is 14.2 Å². The fourth-order valence-electron chi connectivity index (χ4n) is 5.89. The molecular weight excluding hydrogens is 457 g/mol. The Morgan fingerprint density at radius 3 is 2.79 bits per heavy atom. The first-order valence-corrected chi connectivity index (χ1v) is 12.3. The van der Waals surface area contributed by atoms with Gasteiger partial charge in [0, 0.05) is 38.8 Å². The minimum atomic E-state index is -0.567. The number of ether oxygens (including phenoxy) is 1. The molecule has 3 aliphatic heterocycles. The predicted molar refractivity (Wildman–Crippen MR) is 132 cm³/mol. The maximum atomic E-state index is 15.0. The minimum absolute atomic E-state index is 0.00458. The molecule has 9 heteroatoms. The van der Waals surface area contributed by atoms with E-state index in [9.17, 15) is 9.50 Å². The van der Waals surface area contributed by atoms with Crippen molar-refractivity contribution >= 4 is 17.4 Å². The normalized spacial score (nSPS) is 24.5. The number of aromatic hydroxyl groups is 1. The van der Waals surface area contributed by atoms with Crippen LogP contribution in [0, 0.1) is 5.82 Å². The number of phenolic OH excluding ortho intramolecular Hbond substituents is 1. The summed E-state index contributed by atoms with van der Waals surface area (Å²) in [6.45, 7) is 9.06. The highest BCUT2D eigenvalue weighted by Gasteiger charge is 2.45. The molecule has 1 unspecified atom stereocenters. The first-order chi connectivity index (χ1) is 16.2. The number of rotatable bonds is 3. The molecule has 34 heavy (non-hydrogen) atoms. The summed E-state index contributed by atoms with van der Waals surface area (Å²) in [6, 6.07) is 4.78. The van der Waals surface area contributed by atoms with Gasteiger partial charge in [0.2, 0.25) is 0 Å². The zero-order valence-corrected chi connectivity index (χ0v) is 21.0. The van der Waals surface area contributed by atoms with E-state index in [2.05, 4.69) is 48.0 Å². The Balaban J connectivity index is 1.72. The molecule has 4 heterocycles. The molecule has 3 aliphatic rings. The summed E-state index contributed by atoms with van der Waals surface area (Å²) in [7, 11) is 4.20. The molecule has 0 saturated carbocycles. The van der Waals surface area contributed by atoms with Crippen molar-refractivity contribution in [3.8, 4) is 22.8 Å². The summed E-state index contributed by atoms with van der Waals surface area (Å²) in [5.74, 6) is 0.540. The monoisotopic (exact) mass is 489 g/mol. The van der Waals surface area contributed by atoms with E-state index in [-0.39, 0.29) is 33.6 Å². The van der Waals surface area contributed by atoms with Crippen LogP contribution in [0.4, 0.5) is 10.2 Å². The van der Waals surface area contributed by atoms with E-state index in [1.807, 2.05) is 0 Å². The number of anilines is 1. The Kier molecular flexibility index (Phi) is 6.13. The fraction of sp³-hybridized carbons (Fsp3) is 0.560. The SMILES string of the molecule is CN(C)C1CCN(c2nc(-c3c(O)cccc3F)c(Cl)c3c2CN2CCNC[C@@H]2CO3)C1(C)C. The van der Waals surface area contributed by atoms with Gasteiger partial charge in [0.1, 0.15) is 40.5 Å². The van der Waals surface area contributed by atoms with Crippen molar-refractivity contribution in [3.63, 3.8) is 0 Å². The number of hydrogen-bond donors (Lipinski definition) is 2. The zero-order chi connectivity index (χ0) is 24.2. The number of nitrogens with one attached hydrogen (secondary N) is 1. The summed E-state index contributed by atoms with van der Waals surface area (Å²) < 4.78 is 21.3. The van der Waals surface area contributed by atoms with Gasteiger partial charge in [-0.2, -0.15) is 0 Å². The highest BCUT2D eigenvalue weighted by Crippen LogP contribution is 2.48. The lowest BCUT2D eigenvalue weighted by Gasteiger charge is -2.41. The largest absolute Gasteiger partial charge is 0.507 e. The molecule has 0 bridgehead atoms. The number of halogens is 2. The second-order valence-corrected chi connectivity index (χ2v) is 10.6. The van der Waals surface area contributed by atoms with Crippen LogP contribution in [-0.2, 0) is 6.54 Å². The van der Waals surface area contributed by atoms with Gasteiger partial charge in [-0.1, -0.05) is 17.7 Å². The number of pyridine rings is 1. The molecule has 2 atom stereocenters. The first kappa shape index (κ1) is 23.6. The topological polar surface area (TPSA) is 64.1 Å². The molecule has 2 aromatic rings. The number of hydrogen-bond acceptors (Lipinski definition) is 7. The number of piperazine rings is 1. The average Bonchev–Trinajstić information content (AvgIpc) is 2.97. The summed E-state index contributed by atoms with van der Waals surface area (Å²) in [5.41, 5.74) is 0.932. The molecule has 1 aromatic carbocycles. The quantitative estimate of drug-likeness (QED) is 0.685. The van der Waals surface area contributed by atoms with E-state index in [0.717, 1.165) is 44.0 Å². The van der Waals surface area contributed by atoms with Crippen molar-refractivity contribution in [2.24, 2.45) is 0 Å². The van der Waals surface area contributed by atoms with Crippen LogP contribution in [0.1, 0.15) is 25.8 Å². The minimum Gasteiger partial charge on any atom is -0.507 e. The average molecular weight is 490 g/mol. The third kappa shape index (κ3) is 3.81.